The number of nitrogens with two attached hydrogens (primary N) is 1. The van der Waals surface area contributed by atoms with Crippen molar-refractivity contribution in [3.05, 3.63) is 11.4 Å². The Hall–Kier alpha value is -1.36. The summed E-state index contributed by atoms with van der Waals surface area (Å²) in [5.74, 6) is 9.46. The zero-order valence-electron chi connectivity index (χ0n) is 13.3. The maximum Gasteiger partial charge on any atom is 0.148 e. The Bertz CT molecular complexity index is 466. The summed E-state index contributed by atoms with van der Waals surface area (Å²) in [6.07, 6.45) is 2.39. The van der Waals surface area contributed by atoms with Crippen molar-refractivity contribution in [3.8, 4) is 0 Å². The first-order chi connectivity index (χ1) is 9.43. The highest BCUT2D eigenvalue weighted by atomic mass is 15.3. The van der Waals surface area contributed by atoms with Crippen LogP contribution in [0.2, 0.25) is 0 Å². The van der Waals surface area contributed by atoms with Gasteiger partial charge in [-0.05, 0) is 39.5 Å². The summed E-state index contributed by atoms with van der Waals surface area (Å²) in [6, 6.07) is 0.406. The molecule has 0 saturated heterocycles. The van der Waals surface area contributed by atoms with Crippen LogP contribution in [0.1, 0.15) is 57.8 Å². The minimum absolute atomic E-state index is 0.406. The van der Waals surface area contributed by atoms with E-state index in [1.807, 2.05) is 6.92 Å². The Morgan fingerprint density at radius 3 is 2.35 bits per heavy atom. The molecular formula is C15H27N5. The van der Waals surface area contributed by atoms with E-state index in [0.717, 1.165) is 29.6 Å². The summed E-state index contributed by atoms with van der Waals surface area (Å²) in [4.78, 5) is 11.8. The number of hydrogen-bond acceptors (Lipinski definition) is 5. The summed E-state index contributed by atoms with van der Waals surface area (Å²) in [5.41, 5.74) is 3.76. The van der Waals surface area contributed by atoms with E-state index >= 15 is 0 Å². The molecule has 0 atom stereocenters. The van der Waals surface area contributed by atoms with E-state index in [4.69, 9.17) is 10.8 Å². The second-order valence-corrected chi connectivity index (χ2v) is 6.44. The minimum atomic E-state index is 0.406. The highest BCUT2D eigenvalue weighted by Crippen LogP contribution is 2.40. The molecule has 1 saturated carbocycles. The summed E-state index contributed by atoms with van der Waals surface area (Å²) < 4.78 is 0. The lowest BCUT2D eigenvalue weighted by atomic mass is 10.1. The smallest absolute Gasteiger partial charge is 0.148 e. The van der Waals surface area contributed by atoms with Gasteiger partial charge in [-0.3, -0.25) is 0 Å². The van der Waals surface area contributed by atoms with Crippen molar-refractivity contribution in [2.75, 3.05) is 16.9 Å². The Kier molecular flexibility index (Phi) is 4.48. The Morgan fingerprint density at radius 1 is 1.25 bits per heavy atom. The van der Waals surface area contributed by atoms with Crippen LogP contribution >= 0.6 is 0 Å². The Balaban J connectivity index is 2.43. The molecule has 0 bridgehead atoms. The summed E-state index contributed by atoms with van der Waals surface area (Å²) >= 11 is 0. The number of nitrogens with one attached hydrogen (secondary N) is 1. The van der Waals surface area contributed by atoms with Gasteiger partial charge in [0.05, 0.1) is 0 Å². The van der Waals surface area contributed by atoms with Crippen LogP contribution in [0.3, 0.4) is 0 Å². The van der Waals surface area contributed by atoms with Gasteiger partial charge < -0.3 is 10.3 Å². The number of hydrogen-bond donors (Lipinski definition) is 2. The lowest BCUT2D eigenvalue weighted by molar-refractivity contribution is 0.563. The molecule has 3 N–H and O–H groups in total. The topological polar surface area (TPSA) is 67.1 Å². The van der Waals surface area contributed by atoms with Crippen molar-refractivity contribution in [1.29, 1.82) is 0 Å². The first-order valence-corrected chi connectivity index (χ1v) is 7.55. The second kappa shape index (κ2) is 5.95. The first kappa shape index (κ1) is 15.0. The number of nitrogens with zero attached hydrogens (tertiary/aromatic N) is 3. The predicted octanol–water partition coefficient (Wildman–Crippen LogP) is 2.82. The third kappa shape index (κ3) is 3.20. The average Bonchev–Trinajstić information content (AvgIpc) is 3.20. The quantitative estimate of drug-likeness (QED) is 0.618. The van der Waals surface area contributed by atoms with Crippen molar-refractivity contribution in [2.45, 2.75) is 59.4 Å². The molecule has 1 aromatic heterocycles. The number of hydrazine groups is 1. The van der Waals surface area contributed by atoms with Crippen LogP contribution < -0.4 is 16.2 Å². The molecule has 0 amide bonds. The highest BCUT2D eigenvalue weighted by molar-refractivity contribution is 5.59. The fourth-order valence-electron chi connectivity index (χ4n) is 2.40. The molecule has 1 aromatic rings. The predicted molar refractivity (Wildman–Crippen MR) is 83.9 cm³/mol. The molecule has 0 aliphatic heterocycles. The van der Waals surface area contributed by atoms with E-state index in [2.05, 4.69) is 43.0 Å². The average molecular weight is 277 g/mol. The molecule has 0 spiro atoms. The van der Waals surface area contributed by atoms with Crippen molar-refractivity contribution >= 4 is 11.6 Å². The van der Waals surface area contributed by atoms with Gasteiger partial charge in [0.2, 0.25) is 0 Å². The van der Waals surface area contributed by atoms with Gasteiger partial charge in [-0.15, -0.1) is 0 Å². The van der Waals surface area contributed by atoms with Gasteiger partial charge in [-0.1, -0.05) is 13.8 Å². The zero-order chi connectivity index (χ0) is 14.9. The van der Waals surface area contributed by atoms with Crippen LogP contribution in [-0.2, 0) is 0 Å². The SMILES string of the molecule is Cc1c(NN)nc(C2CC2)nc1N(CC(C)C)C(C)C. The van der Waals surface area contributed by atoms with Crippen LogP contribution in [-0.4, -0.2) is 22.6 Å². The highest BCUT2D eigenvalue weighted by Gasteiger charge is 2.29. The molecule has 0 aromatic carbocycles. The molecule has 20 heavy (non-hydrogen) atoms. The fraction of sp³-hybridized carbons (Fsp3) is 0.733. The number of aromatic nitrogens is 2. The number of anilines is 2. The minimum Gasteiger partial charge on any atom is -0.354 e. The van der Waals surface area contributed by atoms with E-state index in [1.54, 1.807) is 0 Å². The Labute approximate surface area is 121 Å². The van der Waals surface area contributed by atoms with Gasteiger partial charge in [0.15, 0.2) is 0 Å². The van der Waals surface area contributed by atoms with Gasteiger partial charge in [-0.25, -0.2) is 15.8 Å². The van der Waals surface area contributed by atoms with Crippen molar-refractivity contribution < 1.29 is 0 Å². The first-order valence-electron chi connectivity index (χ1n) is 7.55. The normalized spacial score (nSPS) is 15.0. The number of nitrogen functional groups attached to an aromatic ring is 1. The Morgan fingerprint density at radius 2 is 1.90 bits per heavy atom. The zero-order valence-corrected chi connectivity index (χ0v) is 13.3. The lowest BCUT2D eigenvalue weighted by Crippen LogP contribution is -2.36. The van der Waals surface area contributed by atoms with Gasteiger partial charge in [0.25, 0.3) is 0 Å². The molecule has 1 aliphatic carbocycles. The number of rotatable bonds is 6. The van der Waals surface area contributed by atoms with Crippen LogP contribution in [0, 0.1) is 12.8 Å². The van der Waals surface area contributed by atoms with Crippen LogP contribution in [0.15, 0.2) is 0 Å². The monoisotopic (exact) mass is 277 g/mol. The van der Waals surface area contributed by atoms with E-state index in [-0.39, 0.29) is 0 Å². The molecule has 112 valence electrons. The largest absolute Gasteiger partial charge is 0.354 e. The third-order valence-electron chi connectivity index (χ3n) is 3.67. The summed E-state index contributed by atoms with van der Waals surface area (Å²) in [5, 5.41) is 0. The maximum absolute atomic E-state index is 5.63. The molecule has 5 nitrogen and oxygen atoms in total. The van der Waals surface area contributed by atoms with Crippen LogP contribution in [0.5, 0.6) is 0 Å². The molecule has 1 heterocycles. The molecule has 0 radical (unpaired) electrons. The third-order valence-corrected chi connectivity index (χ3v) is 3.67. The van der Waals surface area contributed by atoms with Gasteiger partial charge in [0.1, 0.15) is 17.5 Å². The van der Waals surface area contributed by atoms with Crippen molar-refractivity contribution in [3.63, 3.8) is 0 Å². The molecule has 1 fully saturated rings. The van der Waals surface area contributed by atoms with Gasteiger partial charge in [0, 0.05) is 24.1 Å². The van der Waals surface area contributed by atoms with Crippen LogP contribution in [0.4, 0.5) is 11.6 Å². The van der Waals surface area contributed by atoms with E-state index in [1.165, 1.54) is 12.8 Å². The van der Waals surface area contributed by atoms with Gasteiger partial charge in [-0.2, -0.15) is 0 Å². The lowest BCUT2D eigenvalue weighted by Gasteiger charge is -2.31. The molecular weight excluding hydrogens is 250 g/mol. The summed E-state index contributed by atoms with van der Waals surface area (Å²) in [6.45, 7) is 11.9. The standard InChI is InChI=1S/C15H27N5/c1-9(2)8-20(10(3)4)15-11(5)13(19-16)17-14(18-15)12-6-7-12/h9-10,12H,6-8,16H2,1-5H3,(H,17,18,19). The van der Waals surface area contributed by atoms with Gasteiger partial charge >= 0.3 is 0 Å². The van der Waals surface area contributed by atoms with E-state index < -0.39 is 0 Å². The molecule has 2 rings (SSSR count). The van der Waals surface area contributed by atoms with E-state index in [0.29, 0.717) is 17.9 Å². The molecule has 0 unspecified atom stereocenters. The second-order valence-electron chi connectivity index (χ2n) is 6.44. The summed E-state index contributed by atoms with van der Waals surface area (Å²) in [7, 11) is 0. The van der Waals surface area contributed by atoms with E-state index in [9.17, 15) is 0 Å². The van der Waals surface area contributed by atoms with Crippen molar-refractivity contribution in [2.24, 2.45) is 11.8 Å². The molecule has 5 heteroatoms. The van der Waals surface area contributed by atoms with Crippen molar-refractivity contribution in [1.82, 2.24) is 9.97 Å². The maximum atomic E-state index is 5.63. The fourth-order valence-corrected chi connectivity index (χ4v) is 2.40. The molecule has 1 aliphatic rings. The van der Waals surface area contributed by atoms with Crippen LogP contribution in [0.25, 0.3) is 0 Å².